The van der Waals surface area contributed by atoms with Crippen molar-refractivity contribution in [3.8, 4) is 0 Å². The fourth-order valence-corrected chi connectivity index (χ4v) is 2.32. The second kappa shape index (κ2) is 4.78. The Morgan fingerprint density at radius 3 is 3.22 bits per heavy atom. The summed E-state index contributed by atoms with van der Waals surface area (Å²) in [4.78, 5) is 12.1. The first-order valence-electron chi connectivity index (χ1n) is 6.27. The number of hydrogen-bond donors (Lipinski definition) is 3. The Kier molecular flexibility index (Phi) is 2.98. The molecule has 2 aromatic rings. The molecule has 3 rings (SSSR count). The Hall–Kier alpha value is -1.88. The lowest BCUT2D eigenvalue weighted by Gasteiger charge is -2.23. The van der Waals surface area contributed by atoms with Gasteiger partial charge in [-0.3, -0.25) is 9.89 Å². The van der Waals surface area contributed by atoms with Crippen LogP contribution < -0.4 is 10.6 Å². The average Bonchev–Trinajstić information content (AvgIpc) is 2.87. The third kappa shape index (κ3) is 2.22. The van der Waals surface area contributed by atoms with Crippen LogP contribution in [0.4, 0.5) is 0 Å². The molecular formula is C13H16N4O. The molecule has 5 heteroatoms. The van der Waals surface area contributed by atoms with Gasteiger partial charge in [-0.25, -0.2) is 0 Å². The zero-order valence-corrected chi connectivity index (χ0v) is 10.1. The minimum absolute atomic E-state index is 0.0137. The van der Waals surface area contributed by atoms with Gasteiger partial charge < -0.3 is 10.6 Å². The van der Waals surface area contributed by atoms with E-state index < -0.39 is 0 Å². The maximum absolute atomic E-state index is 12.1. The number of rotatable bonds is 2. The number of nitrogens with zero attached hydrogens (tertiary/aromatic N) is 1. The van der Waals surface area contributed by atoms with Crippen LogP contribution in [0.5, 0.6) is 0 Å². The molecule has 1 fully saturated rings. The molecule has 0 bridgehead atoms. The highest BCUT2D eigenvalue weighted by Gasteiger charge is 2.16. The average molecular weight is 244 g/mol. The molecule has 94 valence electrons. The lowest BCUT2D eigenvalue weighted by Crippen LogP contribution is -2.45. The quantitative estimate of drug-likeness (QED) is 0.739. The van der Waals surface area contributed by atoms with E-state index in [1.54, 1.807) is 6.20 Å². The van der Waals surface area contributed by atoms with Gasteiger partial charge in [-0.1, -0.05) is 6.07 Å². The third-order valence-electron chi connectivity index (χ3n) is 3.34. The van der Waals surface area contributed by atoms with Gasteiger partial charge in [0.1, 0.15) is 0 Å². The Bertz CT molecular complexity index is 557. The van der Waals surface area contributed by atoms with Gasteiger partial charge in [0.25, 0.3) is 5.91 Å². The predicted octanol–water partition coefficient (Wildman–Crippen LogP) is 1.04. The van der Waals surface area contributed by atoms with E-state index in [2.05, 4.69) is 20.8 Å². The topological polar surface area (TPSA) is 69.8 Å². The van der Waals surface area contributed by atoms with Crippen molar-refractivity contribution in [1.82, 2.24) is 20.8 Å². The molecule has 0 unspecified atom stereocenters. The van der Waals surface area contributed by atoms with Crippen LogP contribution in [0.2, 0.25) is 0 Å². The van der Waals surface area contributed by atoms with Crippen molar-refractivity contribution < 1.29 is 4.79 Å². The van der Waals surface area contributed by atoms with Crippen molar-refractivity contribution in [3.05, 3.63) is 30.0 Å². The number of carbonyl (C=O) groups excluding carboxylic acids is 1. The number of piperidine rings is 1. The summed E-state index contributed by atoms with van der Waals surface area (Å²) in [6.07, 6.45) is 3.91. The van der Waals surface area contributed by atoms with E-state index in [0.29, 0.717) is 5.56 Å². The van der Waals surface area contributed by atoms with E-state index in [1.807, 2.05) is 18.2 Å². The number of hydrogen-bond acceptors (Lipinski definition) is 3. The number of carbonyl (C=O) groups is 1. The number of aromatic nitrogens is 2. The minimum atomic E-state index is -0.0137. The highest BCUT2D eigenvalue weighted by Crippen LogP contribution is 2.13. The van der Waals surface area contributed by atoms with Crippen LogP contribution in [0.1, 0.15) is 23.2 Å². The molecule has 0 radical (unpaired) electrons. The normalized spacial score (nSPS) is 19.9. The first-order valence-corrected chi connectivity index (χ1v) is 6.27. The van der Waals surface area contributed by atoms with Crippen LogP contribution in [-0.2, 0) is 0 Å². The molecule has 5 nitrogen and oxygen atoms in total. The van der Waals surface area contributed by atoms with Gasteiger partial charge in [0.05, 0.1) is 11.7 Å². The molecule has 1 aliphatic rings. The number of fused-ring (bicyclic) bond motifs is 1. The summed E-state index contributed by atoms with van der Waals surface area (Å²) in [5.41, 5.74) is 1.57. The highest BCUT2D eigenvalue weighted by molar-refractivity contribution is 5.97. The van der Waals surface area contributed by atoms with Crippen LogP contribution in [0.15, 0.2) is 24.4 Å². The van der Waals surface area contributed by atoms with Crippen LogP contribution >= 0.6 is 0 Å². The van der Waals surface area contributed by atoms with Crippen molar-refractivity contribution in [3.63, 3.8) is 0 Å². The standard InChI is InChI=1S/C13H16N4O/c18-13(16-11-2-1-5-14-8-11)9-3-4-10-7-15-17-12(10)6-9/h3-4,6-7,11,14H,1-2,5,8H2,(H,15,17)(H,16,18)/t11-/m1/s1. The summed E-state index contributed by atoms with van der Waals surface area (Å²) < 4.78 is 0. The van der Waals surface area contributed by atoms with Crippen molar-refractivity contribution in [2.75, 3.05) is 13.1 Å². The van der Waals surface area contributed by atoms with Crippen LogP contribution in [0.25, 0.3) is 10.9 Å². The largest absolute Gasteiger partial charge is 0.348 e. The van der Waals surface area contributed by atoms with Gasteiger partial charge in [-0.15, -0.1) is 0 Å². The van der Waals surface area contributed by atoms with Crippen LogP contribution in [0.3, 0.4) is 0 Å². The third-order valence-corrected chi connectivity index (χ3v) is 3.34. The van der Waals surface area contributed by atoms with E-state index in [4.69, 9.17) is 0 Å². The van der Waals surface area contributed by atoms with Crippen molar-refractivity contribution >= 4 is 16.8 Å². The van der Waals surface area contributed by atoms with Crippen molar-refractivity contribution in [2.45, 2.75) is 18.9 Å². The second-order valence-electron chi connectivity index (χ2n) is 4.69. The minimum Gasteiger partial charge on any atom is -0.348 e. The number of H-pyrrole nitrogens is 1. The summed E-state index contributed by atoms with van der Waals surface area (Å²) >= 11 is 0. The Morgan fingerprint density at radius 2 is 2.39 bits per heavy atom. The lowest BCUT2D eigenvalue weighted by molar-refractivity contribution is 0.0931. The molecular weight excluding hydrogens is 228 g/mol. The van der Waals surface area contributed by atoms with E-state index in [1.165, 1.54) is 0 Å². The van der Waals surface area contributed by atoms with Gasteiger partial charge in [0.15, 0.2) is 0 Å². The van der Waals surface area contributed by atoms with Gasteiger partial charge in [0, 0.05) is 23.5 Å². The summed E-state index contributed by atoms with van der Waals surface area (Å²) in [6, 6.07) is 5.83. The summed E-state index contributed by atoms with van der Waals surface area (Å²) in [6.45, 7) is 1.91. The number of benzene rings is 1. The summed E-state index contributed by atoms with van der Waals surface area (Å²) in [5, 5.41) is 14.2. The fourth-order valence-electron chi connectivity index (χ4n) is 2.32. The molecule has 2 heterocycles. The van der Waals surface area contributed by atoms with Crippen molar-refractivity contribution in [2.24, 2.45) is 0 Å². The van der Waals surface area contributed by atoms with Crippen LogP contribution in [-0.4, -0.2) is 35.2 Å². The molecule has 1 amide bonds. The van der Waals surface area contributed by atoms with E-state index >= 15 is 0 Å². The first kappa shape index (κ1) is 11.2. The summed E-state index contributed by atoms with van der Waals surface area (Å²) in [5.74, 6) is -0.0137. The Balaban J connectivity index is 1.74. The summed E-state index contributed by atoms with van der Waals surface area (Å²) in [7, 11) is 0. The SMILES string of the molecule is O=C(N[C@@H]1CCCNC1)c1ccc2cn[nH]c2c1. The van der Waals surface area contributed by atoms with Crippen LogP contribution in [0, 0.1) is 0 Å². The van der Waals surface area contributed by atoms with E-state index in [9.17, 15) is 4.79 Å². The number of amides is 1. The molecule has 1 aliphatic heterocycles. The molecule has 1 aromatic carbocycles. The molecule has 1 saturated heterocycles. The molecule has 0 saturated carbocycles. The van der Waals surface area contributed by atoms with Gasteiger partial charge in [0.2, 0.25) is 0 Å². The smallest absolute Gasteiger partial charge is 0.251 e. The molecule has 0 aliphatic carbocycles. The molecule has 18 heavy (non-hydrogen) atoms. The van der Waals surface area contributed by atoms with Crippen molar-refractivity contribution in [1.29, 1.82) is 0 Å². The van der Waals surface area contributed by atoms with E-state index in [-0.39, 0.29) is 11.9 Å². The highest BCUT2D eigenvalue weighted by atomic mass is 16.1. The Labute approximate surface area is 105 Å². The zero-order chi connectivity index (χ0) is 12.4. The fraction of sp³-hybridized carbons (Fsp3) is 0.385. The number of aromatic amines is 1. The van der Waals surface area contributed by atoms with E-state index in [0.717, 1.165) is 36.8 Å². The van der Waals surface area contributed by atoms with Gasteiger partial charge in [-0.2, -0.15) is 5.10 Å². The lowest BCUT2D eigenvalue weighted by atomic mass is 10.1. The molecule has 3 N–H and O–H groups in total. The Morgan fingerprint density at radius 1 is 1.44 bits per heavy atom. The number of nitrogens with one attached hydrogen (secondary N) is 3. The monoisotopic (exact) mass is 244 g/mol. The molecule has 1 atom stereocenters. The van der Waals surface area contributed by atoms with Gasteiger partial charge >= 0.3 is 0 Å². The molecule has 1 aromatic heterocycles. The maximum atomic E-state index is 12.1. The van der Waals surface area contributed by atoms with Gasteiger partial charge in [-0.05, 0) is 31.5 Å². The second-order valence-corrected chi connectivity index (χ2v) is 4.69. The zero-order valence-electron chi connectivity index (χ0n) is 10.1. The first-order chi connectivity index (χ1) is 8.83. The molecule has 0 spiro atoms. The maximum Gasteiger partial charge on any atom is 0.251 e. The predicted molar refractivity (Wildman–Crippen MR) is 69.5 cm³/mol.